The third-order valence-corrected chi connectivity index (χ3v) is 3.06. The van der Waals surface area contributed by atoms with Gasteiger partial charge in [0.15, 0.2) is 0 Å². The van der Waals surface area contributed by atoms with E-state index in [4.69, 9.17) is 0 Å². The van der Waals surface area contributed by atoms with Crippen LogP contribution in [0.1, 0.15) is 12.5 Å². The van der Waals surface area contributed by atoms with Crippen molar-refractivity contribution >= 4 is 11.5 Å². The van der Waals surface area contributed by atoms with Crippen molar-refractivity contribution in [2.24, 2.45) is 0 Å². The third-order valence-electron chi connectivity index (χ3n) is 3.06. The first kappa shape index (κ1) is 11.8. The second-order valence-electron chi connectivity index (χ2n) is 4.19. The zero-order valence-electron chi connectivity index (χ0n) is 10.0. The van der Waals surface area contributed by atoms with E-state index in [1.165, 1.54) is 6.20 Å². The predicted octanol–water partition coefficient (Wildman–Crippen LogP) is 1.10. The van der Waals surface area contributed by atoms with Crippen molar-refractivity contribution in [1.29, 1.82) is 0 Å². The molecule has 92 valence electrons. The van der Waals surface area contributed by atoms with Crippen LogP contribution in [0.3, 0.4) is 0 Å². The highest BCUT2D eigenvalue weighted by Crippen LogP contribution is 2.23. The number of likely N-dealkylation sites (N-methyl/N-ethyl adjacent to an activating group) is 1. The lowest BCUT2D eigenvalue weighted by Crippen LogP contribution is -2.57. The van der Waals surface area contributed by atoms with Gasteiger partial charge >= 0.3 is 0 Å². The zero-order chi connectivity index (χ0) is 12.4. The van der Waals surface area contributed by atoms with Gasteiger partial charge in [0, 0.05) is 25.7 Å². The van der Waals surface area contributed by atoms with Gasteiger partial charge in [-0.3, -0.25) is 10.1 Å². The van der Waals surface area contributed by atoms with Crippen LogP contribution in [0.4, 0.5) is 11.5 Å². The number of nitrogens with one attached hydrogen (secondary N) is 1. The van der Waals surface area contributed by atoms with Crippen LogP contribution in [0.5, 0.6) is 0 Å². The van der Waals surface area contributed by atoms with E-state index in [1.54, 1.807) is 6.07 Å². The van der Waals surface area contributed by atoms with Gasteiger partial charge in [-0.2, -0.15) is 0 Å². The third kappa shape index (κ3) is 2.21. The molecule has 2 rings (SSSR count). The second-order valence-corrected chi connectivity index (χ2v) is 4.19. The topological polar surface area (TPSA) is 71.3 Å². The van der Waals surface area contributed by atoms with E-state index in [0.29, 0.717) is 6.04 Å². The monoisotopic (exact) mass is 236 g/mol. The summed E-state index contributed by atoms with van der Waals surface area (Å²) in [7, 11) is 0. The summed E-state index contributed by atoms with van der Waals surface area (Å²) >= 11 is 0. The van der Waals surface area contributed by atoms with Gasteiger partial charge in [0.1, 0.15) is 12.0 Å². The average molecular weight is 236 g/mol. The Bertz CT molecular complexity index is 431. The summed E-state index contributed by atoms with van der Waals surface area (Å²) in [5.74, 6) is 0.851. The average Bonchev–Trinajstić information content (AvgIpc) is 2.23. The molecule has 0 saturated carbocycles. The molecule has 6 nitrogen and oxygen atoms in total. The number of aryl methyl sites for hydroxylation is 1. The molecule has 1 aromatic heterocycles. The van der Waals surface area contributed by atoms with E-state index < -0.39 is 4.92 Å². The van der Waals surface area contributed by atoms with Crippen LogP contribution < -0.4 is 10.2 Å². The standard InChI is InChI=1S/C11H16N4O2/c1-3-14(10-5-12-6-10)11-8(2)4-9(7-13-11)15(16)17/h4,7,10,12H,3,5-6H2,1-2H3. The number of rotatable bonds is 4. The lowest BCUT2D eigenvalue weighted by atomic mass is 10.1. The van der Waals surface area contributed by atoms with Crippen LogP contribution >= 0.6 is 0 Å². The molecule has 1 fully saturated rings. The van der Waals surface area contributed by atoms with E-state index in [0.717, 1.165) is 31.0 Å². The fourth-order valence-corrected chi connectivity index (χ4v) is 2.03. The summed E-state index contributed by atoms with van der Waals surface area (Å²) in [6.07, 6.45) is 1.33. The van der Waals surface area contributed by atoms with E-state index in [2.05, 4.69) is 22.1 Å². The molecule has 0 spiro atoms. The second kappa shape index (κ2) is 4.67. The molecule has 1 N–H and O–H groups in total. The Balaban J connectivity index is 2.27. The van der Waals surface area contributed by atoms with Crippen LogP contribution in [0.15, 0.2) is 12.3 Å². The van der Waals surface area contributed by atoms with Crippen LogP contribution in [0, 0.1) is 17.0 Å². The van der Waals surface area contributed by atoms with Crippen LogP contribution in [-0.2, 0) is 0 Å². The molecule has 0 aliphatic carbocycles. The van der Waals surface area contributed by atoms with Gasteiger partial charge in [-0.15, -0.1) is 0 Å². The molecule has 0 bridgehead atoms. The predicted molar refractivity (Wildman–Crippen MR) is 65.3 cm³/mol. The van der Waals surface area contributed by atoms with Crippen molar-refractivity contribution in [3.8, 4) is 0 Å². The summed E-state index contributed by atoms with van der Waals surface area (Å²) in [5, 5.41) is 13.9. The van der Waals surface area contributed by atoms with Crippen molar-refractivity contribution in [3.05, 3.63) is 27.9 Å². The molecule has 0 unspecified atom stereocenters. The summed E-state index contributed by atoms with van der Waals surface area (Å²) < 4.78 is 0. The van der Waals surface area contributed by atoms with Gasteiger partial charge in [0.2, 0.25) is 0 Å². The van der Waals surface area contributed by atoms with Gasteiger partial charge in [-0.25, -0.2) is 4.98 Å². The summed E-state index contributed by atoms with van der Waals surface area (Å²) in [5.41, 5.74) is 0.905. The molecular weight excluding hydrogens is 220 g/mol. The Morgan fingerprint density at radius 3 is 2.76 bits per heavy atom. The Morgan fingerprint density at radius 1 is 1.65 bits per heavy atom. The molecule has 6 heteroatoms. The largest absolute Gasteiger partial charge is 0.351 e. The highest BCUT2D eigenvalue weighted by Gasteiger charge is 2.26. The summed E-state index contributed by atoms with van der Waals surface area (Å²) in [4.78, 5) is 16.7. The minimum absolute atomic E-state index is 0.0500. The Labute approximate surface area is 99.8 Å². The number of aromatic nitrogens is 1. The van der Waals surface area contributed by atoms with Gasteiger partial charge in [0.25, 0.3) is 5.69 Å². The maximum atomic E-state index is 10.6. The number of pyridine rings is 1. The molecule has 0 radical (unpaired) electrons. The van der Waals surface area contributed by atoms with Crippen molar-refractivity contribution in [2.45, 2.75) is 19.9 Å². The van der Waals surface area contributed by atoms with Crippen molar-refractivity contribution in [3.63, 3.8) is 0 Å². The van der Waals surface area contributed by atoms with Gasteiger partial charge in [-0.1, -0.05) is 0 Å². The molecule has 0 amide bonds. The number of hydrogen-bond donors (Lipinski definition) is 1. The number of anilines is 1. The first-order valence-corrected chi connectivity index (χ1v) is 5.72. The quantitative estimate of drug-likeness (QED) is 0.626. The molecular formula is C11H16N4O2. The lowest BCUT2D eigenvalue weighted by Gasteiger charge is -2.39. The van der Waals surface area contributed by atoms with Gasteiger partial charge in [-0.05, 0) is 19.4 Å². The Hall–Kier alpha value is -1.69. The van der Waals surface area contributed by atoms with Crippen molar-refractivity contribution in [2.75, 3.05) is 24.5 Å². The fourth-order valence-electron chi connectivity index (χ4n) is 2.03. The van der Waals surface area contributed by atoms with Crippen LogP contribution in [0.2, 0.25) is 0 Å². The number of hydrogen-bond acceptors (Lipinski definition) is 5. The van der Waals surface area contributed by atoms with Crippen LogP contribution in [-0.4, -0.2) is 35.6 Å². The molecule has 1 aromatic rings. The molecule has 0 atom stereocenters. The maximum absolute atomic E-state index is 10.6. The highest BCUT2D eigenvalue weighted by molar-refractivity contribution is 5.51. The fraction of sp³-hybridized carbons (Fsp3) is 0.545. The zero-order valence-corrected chi connectivity index (χ0v) is 10.0. The summed E-state index contributed by atoms with van der Waals surface area (Å²) in [6.45, 7) is 6.70. The Morgan fingerprint density at radius 2 is 2.35 bits per heavy atom. The smallest absolute Gasteiger partial charge is 0.287 e. The minimum atomic E-state index is -0.412. The van der Waals surface area contributed by atoms with Crippen molar-refractivity contribution < 1.29 is 4.92 Å². The number of nitro groups is 1. The van der Waals surface area contributed by atoms with Crippen LogP contribution in [0.25, 0.3) is 0 Å². The van der Waals surface area contributed by atoms with Gasteiger partial charge < -0.3 is 10.2 Å². The van der Waals surface area contributed by atoms with E-state index >= 15 is 0 Å². The van der Waals surface area contributed by atoms with E-state index in [-0.39, 0.29) is 5.69 Å². The lowest BCUT2D eigenvalue weighted by molar-refractivity contribution is -0.385. The first-order chi connectivity index (χ1) is 8.13. The molecule has 17 heavy (non-hydrogen) atoms. The summed E-state index contributed by atoms with van der Waals surface area (Å²) in [6, 6.07) is 2.03. The van der Waals surface area contributed by atoms with E-state index in [1.807, 2.05) is 6.92 Å². The normalized spacial score (nSPS) is 15.4. The van der Waals surface area contributed by atoms with Crippen molar-refractivity contribution in [1.82, 2.24) is 10.3 Å². The molecule has 1 aliphatic rings. The Kier molecular flexibility index (Phi) is 3.23. The first-order valence-electron chi connectivity index (χ1n) is 5.72. The molecule has 2 heterocycles. The van der Waals surface area contributed by atoms with Gasteiger partial charge in [0.05, 0.1) is 11.0 Å². The molecule has 1 aliphatic heterocycles. The SMILES string of the molecule is CCN(c1ncc([N+](=O)[O-])cc1C)C1CNC1. The van der Waals surface area contributed by atoms with E-state index in [9.17, 15) is 10.1 Å². The minimum Gasteiger partial charge on any atom is -0.351 e. The highest BCUT2D eigenvalue weighted by atomic mass is 16.6. The maximum Gasteiger partial charge on any atom is 0.287 e. The number of nitrogens with zero attached hydrogens (tertiary/aromatic N) is 3. The molecule has 1 saturated heterocycles. The molecule has 0 aromatic carbocycles.